The highest BCUT2D eigenvalue weighted by Crippen LogP contribution is 2.28. The van der Waals surface area contributed by atoms with Crippen LogP contribution < -0.4 is 4.74 Å². The van der Waals surface area contributed by atoms with Crippen LogP contribution in [-0.2, 0) is 0 Å². The van der Waals surface area contributed by atoms with Gasteiger partial charge in [-0.25, -0.2) is 9.78 Å². The molecule has 110 valence electrons. The van der Waals surface area contributed by atoms with E-state index in [1.165, 1.54) is 6.39 Å². The summed E-state index contributed by atoms with van der Waals surface area (Å²) in [6.07, 6.45) is 4.72. The van der Waals surface area contributed by atoms with Crippen molar-refractivity contribution in [2.24, 2.45) is 0 Å². The van der Waals surface area contributed by atoms with Crippen LogP contribution in [0.4, 0.5) is 0 Å². The molecule has 2 heterocycles. The first-order chi connectivity index (χ1) is 10.7. The van der Waals surface area contributed by atoms with Crippen LogP contribution >= 0.6 is 11.8 Å². The molecule has 0 aliphatic carbocycles. The van der Waals surface area contributed by atoms with E-state index in [0.717, 1.165) is 9.79 Å². The summed E-state index contributed by atoms with van der Waals surface area (Å²) < 4.78 is 10.3. The third-order valence-corrected chi connectivity index (χ3v) is 3.87. The van der Waals surface area contributed by atoms with Gasteiger partial charge in [-0.3, -0.25) is 4.98 Å². The SMILES string of the molecule is Cc1ncoc1C(=O)Oc1ccc(Sc2ccncc2)cc1. The van der Waals surface area contributed by atoms with Crippen LogP contribution in [-0.4, -0.2) is 15.9 Å². The molecular weight excluding hydrogens is 300 g/mol. The molecule has 0 bridgehead atoms. The van der Waals surface area contributed by atoms with Crippen LogP contribution in [0.1, 0.15) is 16.2 Å². The standard InChI is InChI=1S/C16H12N2O3S/c1-11-15(20-10-18-11)16(19)21-12-2-4-13(5-3-12)22-14-6-8-17-9-7-14/h2-10H,1H3. The minimum atomic E-state index is -0.551. The van der Waals surface area contributed by atoms with Crippen LogP contribution in [0.3, 0.4) is 0 Å². The van der Waals surface area contributed by atoms with E-state index in [4.69, 9.17) is 9.15 Å². The van der Waals surface area contributed by atoms with E-state index in [1.807, 2.05) is 24.3 Å². The molecule has 2 aromatic heterocycles. The second-order valence-electron chi connectivity index (χ2n) is 4.41. The summed E-state index contributed by atoms with van der Waals surface area (Å²) in [5.74, 6) is 0.0275. The van der Waals surface area contributed by atoms with Gasteiger partial charge in [-0.2, -0.15) is 0 Å². The Hall–Kier alpha value is -2.60. The van der Waals surface area contributed by atoms with Crippen LogP contribution in [0.5, 0.6) is 5.75 Å². The zero-order chi connectivity index (χ0) is 15.4. The van der Waals surface area contributed by atoms with E-state index in [2.05, 4.69) is 9.97 Å². The number of aryl methyl sites for hydroxylation is 1. The molecule has 0 unspecified atom stereocenters. The number of benzene rings is 1. The quantitative estimate of drug-likeness (QED) is 0.540. The molecule has 6 heteroatoms. The van der Waals surface area contributed by atoms with Crippen molar-refractivity contribution in [1.82, 2.24) is 9.97 Å². The predicted molar refractivity (Wildman–Crippen MR) is 81.0 cm³/mol. The first kappa shape index (κ1) is 14.3. The Morgan fingerprint density at radius 2 is 1.77 bits per heavy atom. The molecule has 0 spiro atoms. The van der Waals surface area contributed by atoms with Crippen molar-refractivity contribution >= 4 is 17.7 Å². The summed E-state index contributed by atoms with van der Waals surface area (Å²) in [6.45, 7) is 1.69. The molecule has 0 amide bonds. The smallest absolute Gasteiger partial charge is 0.381 e. The Labute approximate surface area is 131 Å². The highest BCUT2D eigenvalue weighted by Gasteiger charge is 2.16. The number of aromatic nitrogens is 2. The van der Waals surface area contributed by atoms with Gasteiger partial charge in [-0.1, -0.05) is 11.8 Å². The number of pyridine rings is 1. The Balaban J connectivity index is 1.67. The maximum atomic E-state index is 11.9. The highest BCUT2D eigenvalue weighted by molar-refractivity contribution is 7.99. The third kappa shape index (κ3) is 3.35. The van der Waals surface area contributed by atoms with Crippen LogP contribution in [0.25, 0.3) is 0 Å². The fourth-order valence-corrected chi connectivity index (χ4v) is 2.57. The fraction of sp³-hybridized carbons (Fsp3) is 0.0625. The molecule has 22 heavy (non-hydrogen) atoms. The van der Waals surface area contributed by atoms with Gasteiger partial charge in [0.15, 0.2) is 6.39 Å². The summed E-state index contributed by atoms with van der Waals surface area (Å²) in [5, 5.41) is 0. The fourth-order valence-electron chi connectivity index (χ4n) is 1.77. The number of esters is 1. The average Bonchev–Trinajstić information content (AvgIpc) is 2.96. The largest absolute Gasteiger partial charge is 0.436 e. The molecule has 0 aliphatic rings. The van der Waals surface area contributed by atoms with Crippen molar-refractivity contribution in [2.75, 3.05) is 0 Å². The van der Waals surface area contributed by atoms with Crippen molar-refractivity contribution in [1.29, 1.82) is 0 Å². The molecule has 1 aromatic carbocycles. The number of rotatable bonds is 4. The second-order valence-corrected chi connectivity index (χ2v) is 5.56. The van der Waals surface area contributed by atoms with Crippen LogP contribution in [0, 0.1) is 6.92 Å². The van der Waals surface area contributed by atoms with Gasteiger partial charge in [0, 0.05) is 22.2 Å². The monoisotopic (exact) mass is 312 g/mol. The molecule has 0 fully saturated rings. The highest BCUT2D eigenvalue weighted by atomic mass is 32.2. The third-order valence-electron chi connectivity index (χ3n) is 2.85. The Morgan fingerprint density at radius 1 is 1.09 bits per heavy atom. The van der Waals surface area contributed by atoms with E-state index in [9.17, 15) is 4.79 Å². The summed E-state index contributed by atoms with van der Waals surface area (Å²) in [6, 6.07) is 11.1. The van der Waals surface area contributed by atoms with E-state index in [-0.39, 0.29) is 5.76 Å². The Bertz CT molecular complexity index is 770. The molecule has 0 saturated heterocycles. The Morgan fingerprint density at radius 3 is 2.41 bits per heavy atom. The van der Waals surface area contributed by atoms with Gasteiger partial charge in [0.2, 0.25) is 5.76 Å². The molecule has 3 aromatic rings. The number of oxazole rings is 1. The molecule has 0 aliphatic heterocycles. The van der Waals surface area contributed by atoms with Gasteiger partial charge >= 0.3 is 5.97 Å². The second kappa shape index (κ2) is 6.44. The average molecular weight is 312 g/mol. The Kier molecular flexibility index (Phi) is 4.20. The van der Waals surface area contributed by atoms with Crippen molar-refractivity contribution < 1.29 is 13.9 Å². The summed E-state index contributed by atoms with van der Waals surface area (Å²) in [4.78, 5) is 21.9. The summed E-state index contributed by atoms with van der Waals surface area (Å²) in [5.41, 5.74) is 0.509. The van der Waals surface area contributed by atoms with Gasteiger partial charge in [-0.15, -0.1) is 0 Å². The number of hydrogen-bond acceptors (Lipinski definition) is 6. The molecule has 0 atom stereocenters. The predicted octanol–water partition coefficient (Wildman–Crippen LogP) is 3.75. The number of carbonyl (C=O) groups is 1. The maximum absolute atomic E-state index is 11.9. The lowest BCUT2D eigenvalue weighted by atomic mass is 10.3. The van der Waals surface area contributed by atoms with E-state index in [1.54, 1.807) is 43.2 Å². The molecule has 5 nitrogen and oxygen atoms in total. The van der Waals surface area contributed by atoms with Gasteiger partial charge in [-0.05, 0) is 43.3 Å². The lowest BCUT2D eigenvalue weighted by Crippen LogP contribution is -2.08. The maximum Gasteiger partial charge on any atom is 0.381 e. The molecule has 0 saturated carbocycles. The minimum Gasteiger partial charge on any atom is -0.436 e. The van der Waals surface area contributed by atoms with E-state index in [0.29, 0.717) is 11.4 Å². The molecule has 0 N–H and O–H groups in total. The van der Waals surface area contributed by atoms with Crippen molar-refractivity contribution in [2.45, 2.75) is 16.7 Å². The molecule has 3 rings (SSSR count). The van der Waals surface area contributed by atoms with E-state index >= 15 is 0 Å². The zero-order valence-electron chi connectivity index (χ0n) is 11.7. The van der Waals surface area contributed by atoms with Crippen molar-refractivity contribution in [3.05, 3.63) is 66.6 Å². The lowest BCUT2D eigenvalue weighted by molar-refractivity contribution is 0.0700. The first-order valence-electron chi connectivity index (χ1n) is 6.52. The first-order valence-corrected chi connectivity index (χ1v) is 7.34. The summed E-state index contributed by atoms with van der Waals surface area (Å²) >= 11 is 1.61. The van der Waals surface area contributed by atoms with Gasteiger partial charge in [0.25, 0.3) is 0 Å². The zero-order valence-corrected chi connectivity index (χ0v) is 12.5. The van der Waals surface area contributed by atoms with E-state index < -0.39 is 5.97 Å². The van der Waals surface area contributed by atoms with Gasteiger partial charge in [0.1, 0.15) is 5.75 Å². The number of carbonyl (C=O) groups excluding carboxylic acids is 1. The number of nitrogens with zero attached hydrogens (tertiary/aromatic N) is 2. The lowest BCUT2D eigenvalue weighted by Gasteiger charge is -2.04. The molecule has 0 radical (unpaired) electrons. The van der Waals surface area contributed by atoms with Crippen molar-refractivity contribution in [3.8, 4) is 5.75 Å². The van der Waals surface area contributed by atoms with Gasteiger partial charge in [0.05, 0.1) is 5.69 Å². The summed E-state index contributed by atoms with van der Waals surface area (Å²) in [7, 11) is 0. The van der Waals surface area contributed by atoms with Crippen LogP contribution in [0.2, 0.25) is 0 Å². The van der Waals surface area contributed by atoms with Crippen LogP contribution in [0.15, 0.2) is 69.4 Å². The topological polar surface area (TPSA) is 65.2 Å². The van der Waals surface area contributed by atoms with Crippen molar-refractivity contribution in [3.63, 3.8) is 0 Å². The van der Waals surface area contributed by atoms with Gasteiger partial charge < -0.3 is 9.15 Å². The minimum absolute atomic E-state index is 0.121. The normalized spacial score (nSPS) is 10.4. The number of hydrogen-bond donors (Lipinski definition) is 0. The number of ether oxygens (including phenoxy) is 1. The molecular formula is C16H12N2O3S.